The Hall–Kier alpha value is -1.32. The zero-order valence-corrected chi connectivity index (χ0v) is 25.6. The van der Waals surface area contributed by atoms with Crippen molar-refractivity contribution in [2.75, 3.05) is 6.61 Å². The first-order chi connectivity index (χ1) is 17.6. The molecule has 0 radical (unpaired) electrons. The van der Waals surface area contributed by atoms with Gasteiger partial charge in [0.1, 0.15) is 6.10 Å². The van der Waals surface area contributed by atoms with E-state index in [4.69, 9.17) is 9.47 Å². The van der Waals surface area contributed by atoms with Gasteiger partial charge in [0.2, 0.25) is 0 Å². The number of ether oxygens (including phenoxy) is 2. The fourth-order valence-electron chi connectivity index (χ4n) is 12.2. The molecule has 5 aliphatic carbocycles. The van der Waals surface area contributed by atoms with Crippen molar-refractivity contribution in [3.05, 3.63) is 12.2 Å². The van der Waals surface area contributed by atoms with Gasteiger partial charge in [0.25, 0.3) is 0 Å². The van der Waals surface area contributed by atoms with Crippen molar-refractivity contribution >= 4 is 11.9 Å². The van der Waals surface area contributed by atoms with Crippen LogP contribution in [0.2, 0.25) is 0 Å². The van der Waals surface area contributed by atoms with Crippen molar-refractivity contribution in [1.29, 1.82) is 0 Å². The van der Waals surface area contributed by atoms with Gasteiger partial charge in [0.05, 0.1) is 6.61 Å². The van der Waals surface area contributed by atoms with E-state index in [-0.39, 0.29) is 39.7 Å². The minimum Gasteiger partial charge on any atom is -0.465 e. The smallest absolute Gasteiger partial charge is 0.302 e. The van der Waals surface area contributed by atoms with Crippen LogP contribution in [0.4, 0.5) is 0 Å². The number of fused-ring (bicyclic) bond motifs is 7. The van der Waals surface area contributed by atoms with Crippen LogP contribution < -0.4 is 0 Å². The number of esters is 2. The van der Waals surface area contributed by atoms with Gasteiger partial charge in [0.15, 0.2) is 0 Å². The van der Waals surface area contributed by atoms with Crippen LogP contribution in [0.25, 0.3) is 0 Å². The van der Waals surface area contributed by atoms with Crippen molar-refractivity contribution in [2.24, 2.45) is 56.7 Å². The predicted octanol–water partition coefficient (Wildman–Crippen LogP) is 8.14. The van der Waals surface area contributed by atoms with E-state index in [0.29, 0.717) is 41.6 Å². The Kier molecular flexibility index (Phi) is 6.76. The van der Waals surface area contributed by atoms with Crippen LogP contribution in [0.1, 0.15) is 120 Å². The van der Waals surface area contributed by atoms with Crippen LogP contribution in [0.5, 0.6) is 0 Å². The molecular formula is C34H54O4. The molecule has 38 heavy (non-hydrogen) atoms. The third-order valence-corrected chi connectivity index (χ3v) is 14.0. The topological polar surface area (TPSA) is 52.6 Å². The predicted molar refractivity (Wildman–Crippen MR) is 151 cm³/mol. The van der Waals surface area contributed by atoms with Gasteiger partial charge in [-0.2, -0.15) is 0 Å². The molecule has 4 nitrogen and oxygen atoms in total. The van der Waals surface area contributed by atoms with Crippen molar-refractivity contribution in [1.82, 2.24) is 0 Å². The lowest BCUT2D eigenvalue weighted by Gasteiger charge is -2.73. The molecule has 0 N–H and O–H groups in total. The summed E-state index contributed by atoms with van der Waals surface area (Å²) in [6.45, 7) is 23.1. The molecule has 10 atom stereocenters. The zero-order valence-electron chi connectivity index (χ0n) is 25.6. The first kappa shape index (κ1) is 28.2. The number of carbonyl (C=O) groups is 2. The average Bonchev–Trinajstić information content (AvgIpc) is 3.20. The van der Waals surface area contributed by atoms with Crippen molar-refractivity contribution in [2.45, 2.75) is 126 Å². The highest BCUT2D eigenvalue weighted by Gasteiger charge is 2.71. The van der Waals surface area contributed by atoms with Crippen molar-refractivity contribution in [3.8, 4) is 0 Å². The molecule has 0 bridgehead atoms. The number of carbonyl (C=O) groups excluding carboxylic acids is 2. The Morgan fingerprint density at radius 3 is 2.11 bits per heavy atom. The molecule has 0 spiro atoms. The molecule has 0 aromatic carbocycles. The van der Waals surface area contributed by atoms with Gasteiger partial charge in [-0.3, -0.25) is 9.59 Å². The second-order valence-corrected chi connectivity index (χ2v) is 15.8. The number of allylic oxidation sites excluding steroid dienone is 1. The van der Waals surface area contributed by atoms with Crippen molar-refractivity contribution in [3.63, 3.8) is 0 Å². The molecule has 0 aromatic rings. The van der Waals surface area contributed by atoms with Gasteiger partial charge < -0.3 is 9.47 Å². The summed E-state index contributed by atoms with van der Waals surface area (Å²) < 4.78 is 11.7. The van der Waals surface area contributed by atoms with Crippen LogP contribution in [0.3, 0.4) is 0 Å². The summed E-state index contributed by atoms with van der Waals surface area (Å²) in [7, 11) is 0. The molecule has 0 saturated heterocycles. The van der Waals surface area contributed by atoms with Crippen LogP contribution in [-0.4, -0.2) is 24.6 Å². The van der Waals surface area contributed by atoms with Crippen LogP contribution in [0, 0.1) is 56.7 Å². The second kappa shape index (κ2) is 9.10. The molecule has 0 aromatic heterocycles. The SMILES string of the molecule is C=C(C)[C@@H]1CC[C@@]2(COC(C)=O)CC[C@@]3(C)[C@@H](CC[C@@H]4[C@]5(C)CC[C@H](OC(C)=O)C(C)(C)[C@@H]5CC[C@@]43C)[C@H]12. The van der Waals surface area contributed by atoms with Crippen LogP contribution >= 0.6 is 0 Å². The summed E-state index contributed by atoms with van der Waals surface area (Å²) in [5.41, 5.74) is 2.30. The maximum atomic E-state index is 11.9. The van der Waals surface area contributed by atoms with Gasteiger partial charge >= 0.3 is 11.9 Å². The Morgan fingerprint density at radius 1 is 0.763 bits per heavy atom. The van der Waals surface area contributed by atoms with Crippen molar-refractivity contribution < 1.29 is 19.1 Å². The molecular weight excluding hydrogens is 472 g/mol. The number of hydrogen-bond donors (Lipinski definition) is 0. The lowest BCUT2D eigenvalue weighted by atomic mass is 9.32. The lowest BCUT2D eigenvalue weighted by Crippen LogP contribution is -2.67. The molecule has 0 heterocycles. The highest BCUT2D eigenvalue weighted by molar-refractivity contribution is 5.66. The summed E-state index contributed by atoms with van der Waals surface area (Å²) in [6, 6.07) is 0. The van der Waals surface area contributed by atoms with Crippen LogP contribution in [0.15, 0.2) is 12.2 Å². The highest BCUT2D eigenvalue weighted by atomic mass is 16.5. The summed E-state index contributed by atoms with van der Waals surface area (Å²) >= 11 is 0. The molecule has 0 aliphatic heterocycles. The quantitative estimate of drug-likeness (QED) is 0.274. The minimum absolute atomic E-state index is 0.00000109. The van der Waals surface area contributed by atoms with Gasteiger partial charge in [-0.15, -0.1) is 0 Å². The van der Waals surface area contributed by atoms with E-state index in [1.807, 2.05) is 0 Å². The molecule has 0 amide bonds. The van der Waals surface area contributed by atoms with Gasteiger partial charge in [0, 0.05) is 24.7 Å². The van der Waals surface area contributed by atoms with Gasteiger partial charge in [-0.1, -0.05) is 46.8 Å². The van der Waals surface area contributed by atoms with E-state index in [2.05, 4.69) is 48.1 Å². The average molecular weight is 527 g/mol. The Morgan fingerprint density at radius 2 is 1.47 bits per heavy atom. The molecule has 0 unspecified atom stereocenters. The Labute approximate surface area is 232 Å². The molecule has 4 heteroatoms. The summed E-state index contributed by atoms with van der Waals surface area (Å²) in [5, 5.41) is 0. The van der Waals surface area contributed by atoms with Crippen LogP contribution in [-0.2, 0) is 19.1 Å². The normalized spacial score (nSPS) is 49.1. The van der Waals surface area contributed by atoms with E-state index in [0.717, 1.165) is 12.8 Å². The second-order valence-electron chi connectivity index (χ2n) is 15.8. The molecule has 5 fully saturated rings. The maximum Gasteiger partial charge on any atom is 0.302 e. The maximum absolute atomic E-state index is 11.9. The molecule has 5 rings (SSSR count). The summed E-state index contributed by atoms with van der Waals surface area (Å²) in [4.78, 5) is 23.8. The van der Waals surface area contributed by atoms with Gasteiger partial charge in [-0.05, 0) is 117 Å². The van der Waals surface area contributed by atoms with E-state index in [9.17, 15) is 9.59 Å². The molecule has 214 valence electrons. The fraction of sp³-hybridized carbons (Fsp3) is 0.882. The zero-order chi connectivity index (χ0) is 27.9. The number of hydrogen-bond acceptors (Lipinski definition) is 4. The Balaban J connectivity index is 1.49. The van der Waals surface area contributed by atoms with E-state index < -0.39 is 0 Å². The first-order valence-corrected chi connectivity index (χ1v) is 15.6. The minimum atomic E-state index is -0.140. The Bertz CT molecular complexity index is 998. The highest BCUT2D eigenvalue weighted by Crippen LogP contribution is 2.77. The summed E-state index contributed by atoms with van der Waals surface area (Å²) in [6.07, 6.45) is 12.0. The lowest BCUT2D eigenvalue weighted by molar-refractivity contribution is -0.252. The third-order valence-electron chi connectivity index (χ3n) is 14.0. The first-order valence-electron chi connectivity index (χ1n) is 15.6. The van der Waals surface area contributed by atoms with E-state index in [1.165, 1.54) is 56.9 Å². The van der Waals surface area contributed by atoms with Gasteiger partial charge in [-0.25, -0.2) is 0 Å². The summed E-state index contributed by atoms with van der Waals surface area (Å²) in [5.74, 6) is 2.76. The molecule has 5 saturated carbocycles. The molecule has 5 aliphatic rings. The van der Waals surface area contributed by atoms with E-state index >= 15 is 0 Å². The largest absolute Gasteiger partial charge is 0.465 e. The standard InChI is InChI=1S/C34H54O4/c1-21(2)24-12-17-34(20-37-22(3)35)19-18-32(8)25(29(24)34)10-11-27-31(7)15-14-28(38-23(4)36)30(5,6)26(31)13-16-33(27,32)9/h24-29H,1,10-20H2,2-9H3/t24-,25-,26-,27+,28-,29-,31+,32-,33-,34-/m0/s1. The van der Waals surface area contributed by atoms with E-state index in [1.54, 1.807) is 13.8 Å². The monoisotopic (exact) mass is 526 g/mol. The fourth-order valence-corrected chi connectivity index (χ4v) is 12.2. The number of rotatable bonds is 4. The third kappa shape index (κ3) is 3.80.